The number of halogens is 1. The molecule has 1 fully saturated rings. The van der Waals surface area contributed by atoms with E-state index in [1.54, 1.807) is 6.33 Å². The fourth-order valence-corrected chi connectivity index (χ4v) is 3.10. The summed E-state index contributed by atoms with van der Waals surface area (Å²) in [5, 5.41) is 6.77. The van der Waals surface area contributed by atoms with E-state index in [9.17, 15) is 0 Å². The lowest BCUT2D eigenvalue weighted by atomic mass is 9.98. The number of rotatable bonds is 6. The molecule has 19 heavy (non-hydrogen) atoms. The highest BCUT2D eigenvalue weighted by molar-refractivity contribution is 9.10. The number of hydrogen-bond acceptors (Lipinski definition) is 4. The minimum Gasteiger partial charge on any atom is -0.369 e. The van der Waals surface area contributed by atoms with Crippen molar-refractivity contribution in [3.63, 3.8) is 0 Å². The van der Waals surface area contributed by atoms with E-state index in [0.717, 1.165) is 47.5 Å². The normalized spacial score (nSPS) is 22.5. The Bertz CT molecular complexity index is 410. The molecule has 0 bridgehead atoms. The van der Waals surface area contributed by atoms with Crippen LogP contribution in [0.15, 0.2) is 10.8 Å². The highest BCUT2D eigenvalue weighted by atomic mass is 79.9. The fraction of sp³-hybridized carbons (Fsp3) is 0.714. The summed E-state index contributed by atoms with van der Waals surface area (Å²) in [5.74, 6) is 3.37. The van der Waals surface area contributed by atoms with Gasteiger partial charge in [-0.15, -0.1) is 0 Å². The summed E-state index contributed by atoms with van der Waals surface area (Å²) in [7, 11) is 0. The Kier molecular flexibility index (Phi) is 5.43. The predicted molar refractivity (Wildman–Crippen MR) is 83.5 cm³/mol. The first-order chi connectivity index (χ1) is 9.22. The minimum atomic E-state index is 0.772. The molecule has 2 unspecified atom stereocenters. The van der Waals surface area contributed by atoms with Crippen LogP contribution in [0.3, 0.4) is 0 Å². The maximum atomic E-state index is 4.32. The van der Waals surface area contributed by atoms with Crippen LogP contribution in [0.1, 0.15) is 39.5 Å². The van der Waals surface area contributed by atoms with Crippen molar-refractivity contribution in [3.8, 4) is 0 Å². The summed E-state index contributed by atoms with van der Waals surface area (Å²) in [5.41, 5.74) is 0. The van der Waals surface area contributed by atoms with Crippen molar-refractivity contribution in [2.75, 3.05) is 23.7 Å². The van der Waals surface area contributed by atoms with E-state index in [-0.39, 0.29) is 0 Å². The highest BCUT2D eigenvalue weighted by Crippen LogP contribution is 2.32. The van der Waals surface area contributed by atoms with Crippen molar-refractivity contribution in [2.24, 2.45) is 11.8 Å². The lowest BCUT2D eigenvalue weighted by Crippen LogP contribution is -2.17. The molecule has 1 saturated carbocycles. The summed E-state index contributed by atoms with van der Waals surface area (Å²) in [6.45, 7) is 6.42. The quantitative estimate of drug-likeness (QED) is 0.832. The molecule has 0 saturated heterocycles. The minimum absolute atomic E-state index is 0.772. The molecule has 0 aromatic carbocycles. The number of hydrogen-bond donors (Lipinski definition) is 2. The highest BCUT2D eigenvalue weighted by Gasteiger charge is 2.23. The maximum Gasteiger partial charge on any atom is 0.145 e. The second kappa shape index (κ2) is 7.08. The predicted octanol–water partition coefficient (Wildman–Crippen LogP) is 3.91. The van der Waals surface area contributed by atoms with Gasteiger partial charge in [-0.05, 0) is 40.6 Å². The van der Waals surface area contributed by atoms with Crippen LogP contribution in [-0.2, 0) is 0 Å². The first-order valence-corrected chi connectivity index (χ1v) is 8.00. The average Bonchev–Trinajstić information content (AvgIpc) is 2.82. The Labute approximate surface area is 123 Å². The molecule has 0 radical (unpaired) electrons. The first kappa shape index (κ1) is 14.6. The van der Waals surface area contributed by atoms with Crippen molar-refractivity contribution in [1.82, 2.24) is 9.97 Å². The second-order valence-electron chi connectivity index (χ2n) is 5.36. The molecule has 0 aliphatic heterocycles. The van der Waals surface area contributed by atoms with Crippen molar-refractivity contribution in [1.29, 1.82) is 0 Å². The monoisotopic (exact) mass is 326 g/mol. The molecule has 0 amide bonds. The number of anilines is 2. The zero-order valence-corrected chi connectivity index (χ0v) is 13.3. The van der Waals surface area contributed by atoms with Gasteiger partial charge in [0.2, 0.25) is 0 Å². The molecule has 1 aliphatic carbocycles. The molecule has 2 rings (SSSR count). The van der Waals surface area contributed by atoms with Gasteiger partial charge in [-0.1, -0.05) is 26.7 Å². The van der Waals surface area contributed by atoms with Crippen molar-refractivity contribution >= 4 is 27.6 Å². The first-order valence-electron chi connectivity index (χ1n) is 7.20. The van der Waals surface area contributed by atoms with Crippen LogP contribution in [0.4, 0.5) is 11.6 Å². The maximum absolute atomic E-state index is 4.32. The molecule has 2 N–H and O–H groups in total. The number of nitrogens with one attached hydrogen (secondary N) is 2. The summed E-state index contributed by atoms with van der Waals surface area (Å²) >= 11 is 3.59. The molecule has 1 aromatic rings. The van der Waals surface area contributed by atoms with Gasteiger partial charge in [-0.25, -0.2) is 9.97 Å². The van der Waals surface area contributed by atoms with Crippen LogP contribution in [0, 0.1) is 11.8 Å². The van der Waals surface area contributed by atoms with Crippen LogP contribution in [-0.4, -0.2) is 23.1 Å². The van der Waals surface area contributed by atoms with Gasteiger partial charge in [0.25, 0.3) is 0 Å². The lowest BCUT2D eigenvalue weighted by Gasteiger charge is -2.17. The fourth-order valence-electron chi connectivity index (χ4n) is 2.61. The zero-order valence-electron chi connectivity index (χ0n) is 11.7. The van der Waals surface area contributed by atoms with Crippen LogP contribution < -0.4 is 10.6 Å². The molecule has 106 valence electrons. The van der Waals surface area contributed by atoms with Crippen molar-refractivity contribution < 1.29 is 0 Å². The second-order valence-corrected chi connectivity index (χ2v) is 6.15. The number of aromatic nitrogens is 2. The Balaban J connectivity index is 1.96. The largest absolute Gasteiger partial charge is 0.369 e. The SMILES string of the molecule is CCCNc1ncnc(NCC2CCCC2C)c1Br. The van der Waals surface area contributed by atoms with E-state index >= 15 is 0 Å². The topological polar surface area (TPSA) is 49.8 Å². The van der Waals surface area contributed by atoms with E-state index in [0.29, 0.717) is 0 Å². The van der Waals surface area contributed by atoms with Gasteiger partial charge < -0.3 is 10.6 Å². The Morgan fingerprint density at radius 1 is 1.26 bits per heavy atom. The van der Waals surface area contributed by atoms with Gasteiger partial charge in [-0.2, -0.15) is 0 Å². The molecule has 1 heterocycles. The summed E-state index contributed by atoms with van der Waals surface area (Å²) in [4.78, 5) is 8.59. The van der Waals surface area contributed by atoms with Gasteiger partial charge in [0, 0.05) is 13.1 Å². The van der Waals surface area contributed by atoms with E-state index < -0.39 is 0 Å². The van der Waals surface area contributed by atoms with Crippen LogP contribution in [0.25, 0.3) is 0 Å². The van der Waals surface area contributed by atoms with Gasteiger partial charge in [-0.3, -0.25) is 0 Å². The Hall–Kier alpha value is -0.840. The third kappa shape index (κ3) is 3.81. The van der Waals surface area contributed by atoms with Gasteiger partial charge in [0.1, 0.15) is 22.4 Å². The average molecular weight is 327 g/mol. The smallest absolute Gasteiger partial charge is 0.145 e. The molecule has 4 nitrogen and oxygen atoms in total. The standard InChI is InChI=1S/C14H23BrN4/c1-3-7-16-13-12(15)14(19-9-18-13)17-8-11-6-4-5-10(11)2/h9-11H,3-8H2,1-2H3,(H2,16,17,18,19). The molecular formula is C14H23BrN4. The Morgan fingerprint density at radius 2 is 2.00 bits per heavy atom. The van der Waals surface area contributed by atoms with Crippen LogP contribution in [0.5, 0.6) is 0 Å². The zero-order chi connectivity index (χ0) is 13.7. The Morgan fingerprint density at radius 3 is 2.63 bits per heavy atom. The van der Waals surface area contributed by atoms with Gasteiger partial charge >= 0.3 is 0 Å². The van der Waals surface area contributed by atoms with Crippen LogP contribution >= 0.6 is 15.9 Å². The molecule has 5 heteroatoms. The summed E-state index contributed by atoms with van der Waals surface area (Å²) in [6.07, 6.45) is 6.75. The van der Waals surface area contributed by atoms with Crippen molar-refractivity contribution in [2.45, 2.75) is 39.5 Å². The van der Waals surface area contributed by atoms with E-state index in [1.165, 1.54) is 19.3 Å². The van der Waals surface area contributed by atoms with E-state index in [2.05, 4.69) is 50.4 Å². The van der Waals surface area contributed by atoms with Crippen molar-refractivity contribution in [3.05, 3.63) is 10.8 Å². The molecule has 2 atom stereocenters. The molecule has 1 aromatic heterocycles. The summed E-state index contributed by atoms with van der Waals surface area (Å²) in [6, 6.07) is 0. The van der Waals surface area contributed by atoms with E-state index in [1.807, 2.05) is 0 Å². The molecular weight excluding hydrogens is 304 g/mol. The van der Waals surface area contributed by atoms with Crippen LogP contribution in [0.2, 0.25) is 0 Å². The number of nitrogens with zero attached hydrogens (tertiary/aromatic N) is 2. The third-order valence-electron chi connectivity index (χ3n) is 3.90. The molecule has 0 spiro atoms. The van der Waals surface area contributed by atoms with Gasteiger partial charge in [0.15, 0.2) is 0 Å². The summed E-state index contributed by atoms with van der Waals surface area (Å²) < 4.78 is 0.939. The lowest BCUT2D eigenvalue weighted by molar-refractivity contribution is 0.439. The van der Waals surface area contributed by atoms with Gasteiger partial charge in [0.05, 0.1) is 0 Å². The molecule has 1 aliphatic rings. The third-order valence-corrected chi connectivity index (χ3v) is 4.65. The van der Waals surface area contributed by atoms with E-state index in [4.69, 9.17) is 0 Å².